The number of hydrogen-bond donors (Lipinski definition) is 0. The summed E-state index contributed by atoms with van der Waals surface area (Å²) in [5.74, 6) is -1.38. The summed E-state index contributed by atoms with van der Waals surface area (Å²) in [6, 6.07) is 5.83. The number of sulfone groups is 2. The van der Waals surface area contributed by atoms with Gasteiger partial charge in [-0.05, 0) is 38.8 Å². The summed E-state index contributed by atoms with van der Waals surface area (Å²) in [7, 11) is -6.29. The number of rotatable bonds is 10. The van der Waals surface area contributed by atoms with Crippen LogP contribution < -0.4 is 0 Å². The van der Waals surface area contributed by atoms with Gasteiger partial charge in [0.05, 0.1) is 34.3 Å². The van der Waals surface area contributed by atoms with Crippen LogP contribution in [0.2, 0.25) is 0 Å². The Kier molecular flexibility index (Phi) is 9.44. The average molecular weight is 561 g/mol. The van der Waals surface area contributed by atoms with Crippen LogP contribution in [-0.2, 0) is 34.0 Å². The van der Waals surface area contributed by atoms with Crippen LogP contribution in [0.3, 0.4) is 0 Å². The first-order valence-corrected chi connectivity index (χ1v) is 16.5. The van der Waals surface area contributed by atoms with Crippen molar-refractivity contribution in [3.8, 4) is 0 Å². The number of amides is 2. The number of esters is 1. The number of nitrogens with zero attached hydrogens (tertiary/aromatic N) is 2. The summed E-state index contributed by atoms with van der Waals surface area (Å²) in [6.45, 7) is 3.73. The van der Waals surface area contributed by atoms with Crippen molar-refractivity contribution in [3.63, 3.8) is 0 Å². The summed E-state index contributed by atoms with van der Waals surface area (Å²) in [6.07, 6.45) is 0.788. The van der Waals surface area contributed by atoms with Crippen molar-refractivity contribution in [2.75, 3.05) is 48.5 Å². The van der Waals surface area contributed by atoms with E-state index in [4.69, 9.17) is 4.74 Å². The Morgan fingerprint density at radius 1 is 0.889 bits per heavy atom. The molecule has 2 amide bonds. The van der Waals surface area contributed by atoms with Gasteiger partial charge in [0.15, 0.2) is 26.3 Å². The Hall–Kier alpha value is -2.12. The maximum Gasteiger partial charge on any atom is 0.339 e. The number of hydrogen-bond acceptors (Lipinski definition) is 9. The summed E-state index contributed by atoms with van der Waals surface area (Å²) in [4.78, 5) is 41.7. The van der Waals surface area contributed by atoms with E-state index < -0.39 is 44.2 Å². The summed E-state index contributed by atoms with van der Waals surface area (Å²) >= 11 is 1.15. The van der Waals surface area contributed by atoms with E-state index in [1.54, 1.807) is 43.0 Å². The third-order valence-electron chi connectivity index (χ3n) is 6.41. The number of carbonyl (C=O) groups excluding carboxylic acids is 3. The fourth-order valence-electron chi connectivity index (χ4n) is 4.59. The molecule has 36 heavy (non-hydrogen) atoms. The lowest BCUT2D eigenvalue weighted by molar-refractivity contribution is -0.136. The van der Waals surface area contributed by atoms with Crippen molar-refractivity contribution in [1.29, 1.82) is 0 Å². The molecule has 200 valence electrons. The van der Waals surface area contributed by atoms with Gasteiger partial charge in [0, 0.05) is 30.1 Å². The molecular formula is C23H32N2O8S3. The van der Waals surface area contributed by atoms with Gasteiger partial charge in [-0.1, -0.05) is 12.1 Å². The number of ether oxygens (including phenoxy) is 1. The summed E-state index contributed by atoms with van der Waals surface area (Å²) in [5.41, 5.74) is 0.209. The van der Waals surface area contributed by atoms with Crippen LogP contribution in [0.25, 0.3) is 0 Å². The monoisotopic (exact) mass is 560 g/mol. The molecule has 3 rings (SSSR count). The molecule has 2 atom stereocenters. The summed E-state index contributed by atoms with van der Waals surface area (Å²) in [5, 5.41) is 0. The highest BCUT2D eigenvalue weighted by Gasteiger charge is 2.35. The van der Waals surface area contributed by atoms with E-state index in [2.05, 4.69) is 0 Å². The van der Waals surface area contributed by atoms with Crippen molar-refractivity contribution in [2.24, 2.45) is 0 Å². The van der Waals surface area contributed by atoms with Crippen LogP contribution in [0.4, 0.5) is 0 Å². The zero-order chi connectivity index (χ0) is 26.5. The van der Waals surface area contributed by atoms with Crippen molar-refractivity contribution in [2.45, 2.75) is 43.7 Å². The fourth-order valence-corrected chi connectivity index (χ4v) is 8.98. The smallest absolute Gasteiger partial charge is 0.339 e. The lowest BCUT2D eigenvalue weighted by Gasteiger charge is -2.27. The zero-order valence-corrected chi connectivity index (χ0v) is 22.9. The largest absolute Gasteiger partial charge is 0.452 e. The van der Waals surface area contributed by atoms with Gasteiger partial charge in [0.25, 0.3) is 5.91 Å². The predicted molar refractivity (Wildman–Crippen MR) is 136 cm³/mol. The zero-order valence-electron chi connectivity index (χ0n) is 20.4. The van der Waals surface area contributed by atoms with E-state index in [9.17, 15) is 31.2 Å². The van der Waals surface area contributed by atoms with E-state index >= 15 is 0 Å². The molecule has 13 heteroatoms. The Balaban J connectivity index is 1.58. The highest BCUT2D eigenvalue weighted by atomic mass is 32.2. The van der Waals surface area contributed by atoms with Crippen molar-refractivity contribution >= 4 is 49.2 Å². The molecule has 0 N–H and O–H groups in total. The first-order valence-electron chi connectivity index (χ1n) is 11.8. The van der Waals surface area contributed by atoms with E-state index in [0.29, 0.717) is 30.8 Å². The van der Waals surface area contributed by atoms with E-state index in [-0.39, 0.29) is 46.3 Å². The van der Waals surface area contributed by atoms with Crippen molar-refractivity contribution in [1.82, 2.24) is 9.80 Å². The van der Waals surface area contributed by atoms with E-state index in [1.807, 2.05) is 0 Å². The molecule has 2 heterocycles. The Bertz CT molecular complexity index is 1200. The molecule has 0 aromatic heterocycles. The molecule has 2 unspecified atom stereocenters. The number of benzene rings is 1. The van der Waals surface area contributed by atoms with Gasteiger partial charge in [-0.15, -0.1) is 11.8 Å². The van der Waals surface area contributed by atoms with Gasteiger partial charge in [-0.25, -0.2) is 21.6 Å². The Morgan fingerprint density at radius 3 is 1.92 bits per heavy atom. The van der Waals surface area contributed by atoms with Gasteiger partial charge in [-0.3, -0.25) is 9.59 Å². The van der Waals surface area contributed by atoms with Crippen LogP contribution >= 0.6 is 11.8 Å². The molecule has 2 aliphatic rings. The third kappa shape index (κ3) is 7.22. The molecule has 1 aromatic carbocycles. The average Bonchev–Trinajstić information content (AvgIpc) is 3.37. The van der Waals surface area contributed by atoms with E-state index in [1.165, 1.54) is 4.90 Å². The lowest BCUT2D eigenvalue weighted by Crippen LogP contribution is -2.43. The van der Waals surface area contributed by atoms with Crippen LogP contribution in [0.15, 0.2) is 29.2 Å². The maximum absolute atomic E-state index is 12.8. The standard InChI is InChI=1S/C23H32N2O8S3/c1-3-24(17-9-11-35(29,30)15-17)21(26)13-33-23(28)19-7-5-6-8-20(19)34-14-22(27)25(4-2)18-10-12-36(31,32)16-18/h5-8,17-18H,3-4,9-16H2,1-2H3. The molecule has 0 spiro atoms. The molecule has 10 nitrogen and oxygen atoms in total. The van der Waals surface area contributed by atoms with Crippen LogP contribution in [-0.4, -0.2) is 105 Å². The maximum atomic E-state index is 12.8. The Morgan fingerprint density at radius 2 is 1.42 bits per heavy atom. The molecule has 0 saturated carbocycles. The Labute approximate surface area is 216 Å². The fraction of sp³-hybridized carbons (Fsp3) is 0.609. The number of likely N-dealkylation sites (N-methyl/N-ethyl adjacent to an activating group) is 1. The highest BCUT2D eigenvalue weighted by molar-refractivity contribution is 8.00. The number of thioether (sulfide) groups is 1. The van der Waals surface area contributed by atoms with Gasteiger partial charge >= 0.3 is 5.97 Å². The normalized spacial score (nSPS) is 22.2. The minimum Gasteiger partial charge on any atom is -0.452 e. The molecular weight excluding hydrogens is 528 g/mol. The van der Waals surface area contributed by atoms with Crippen LogP contribution in [0, 0.1) is 0 Å². The molecule has 2 fully saturated rings. The second-order valence-corrected chi connectivity index (χ2v) is 14.3. The third-order valence-corrected chi connectivity index (χ3v) is 11.0. The van der Waals surface area contributed by atoms with Crippen LogP contribution in [0.1, 0.15) is 37.0 Å². The van der Waals surface area contributed by atoms with Gasteiger partial charge < -0.3 is 14.5 Å². The molecule has 2 aliphatic heterocycles. The minimum atomic E-state index is -3.16. The minimum absolute atomic E-state index is 0.0212. The van der Waals surface area contributed by atoms with Crippen molar-refractivity contribution in [3.05, 3.63) is 29.8 Å². The van der Waals surface area contributed by atoms with Gasteiger partial charge in [0.2, 0.25) is 5.91 Å². The predicted octanol–water partition coefficient (Wildman–Crippen LogP) is 1.01. The van der Waals surface area contributed by atoms with E-state index in [0.717, 1.165) is 11.8 Å². The lowest BCUT2D eigenvalue weighted by atomic mass is 10.2. The van der Waals surface area contributed by atoms with Gasteiger partial charge in [0.1, 0.15) is 0 Å². The van der Waals surface area contributed by atoms with Gasteiger partial charge in [-0.2, -0.15) is 0 Å². The molecule has 2 saturated heterocycles. The second kappa shape index (κ2) is 12.0. The van der Waals surface area contributed by atoms with Crippen molar-refractivity contribution < 1.29 is 36.0 Å². The molecule has 0 bridgehead atoms. The SMILES string of the molecule is CCN(C(=O)COC(=O)c1ccccc1SCC(=O)N(CC)C1CCS(=O)(=O)C1)C1CCS(=O)(=O)C1. The molecule has 0 aliphatic carbocycles. The quantitative estimate of drug-likeness (QED) is 0.303. The topological polar surface area (TPSA) is 135 Å². The summed E-state index contributed by atoms with van der Waals surface area (Å²) < 4.78 is 52.4. The molecule has 0 radical (unpaired) electrons. The molecule has 1 aromatic rings. The second-order valence-electron chi connectivity index (χ2n) is 8.83. The first-order chi connectivity index (χ1) is 17.0. The van der Waals surface area contributed by atoms with Crippen LogP contribution in [0.5, 0.6) is 0 Å². The first kappa shape index (κ1) is 28.5. The highest BCUT2D eigenvalue weighted by Crippen LogP contribution is 2.26. The number of carbonyl (C=O) groups is 3.